The minimum Gasteiger partial charge on any atom is -0.472 e. The van der Waals surface area contributed by atoms with Crippen LogP contribution in [0.1, 0.15) is 11.1 Å². The minimum atomic E-state index is 0.460. The number of hydrogen-bond acceptors (Lipinski definition) is 3. The Balaban J connectivity index is 1.93. The lowest BCUT2D eigenvalue weighted by Crippen LogP contribution is -1.97. The van der Waals surface area contributed by atoms with Gasteiger partial charge in [-0.1, -0.05) is 12.1 Å². The highest BCUT2D eigenvalue weighted by molar-refractivity contribution is 5.45. The molecule has 0 aliphatic rings. The fourth-order valence-corrected chi connectivity index (χ4v) is 1.43. The summed E-state index contributed by atoms with van der Waals surface area (Å²) in [5.41, 5.74) is 3.19. The van der Waals surface area contributed by atoms with Gasteiger partial charge in [0.1, 0.15) is 0 Å². The monoisotopic (exact) mass is 212 g/mol. The second kappa shape index (κ2) is 5.04. The average Bonchev–Trinajstić information content (AvgIpc) is 2.82. The zero-order valence-electron chi connectivity index (χ0n) is 8.81. The van der Waals surface area contributed by atoms with Crippen molar-refractivity contribution >= 4 is 5.69 Å². The summed E-state index contributed by atoms with van der Waals surface area (Å²) in [6.07, 6.45) is 3.84. The van der Waals surface area contributed by atoms with Crippen molar-refractivity contribution in [3.63, 3.8) is 0 Å². The van der Waals surface area contributed by atoms with Gasteiger partial charge in [-0.15, -0.1) is 0 Å². The van der Waals surface area contributed by atoms with Crippen LogP contribution in [0.25, 0.3) is 0 Å². The first-order valence-electron chi connectivity index (χ1n) is 5.09. The maximum atomic E-state index is 8.54. The van der Waals surface area contributed by atoms with Crippen molar-refractivity contribution in [2.45, 2.75) is 13.0 Å². The molecule has 0 fully saturated rings. The lowest BCUT2D eigenvalue weighted by Gasteiger charge is -2.04. The van der Waals surface area contributed by atoms with E-state index in [1.54, 1.807) is 12.5 Å². The summed E-state index contributed by atoms with van der Waals surface area (Å²) in [4.78, 5) is 0. The summed E-state index contributed by atoms with van der Waals surface area (Å²) in [6.45, 7) is 0.744. The third-order valence-corrected chi connectivity index (χ3v) is 2.31. The zero-order chi connectivity index (χ0) is 11.2. The number of furan rings is 1. The van der Waals surface area contributed by atoms with Gasteiger partial charge in [-0.25, -0.2) is 0 Å². The van der Waals surface area contributed by atoms with Gasteiger partial charge in [-0.05, 0) is 23.8 Å². The quantitative estimate of drug-likeness (QED) is 0.847. The molecular formula is C13H12N2O. The number of nitrogens with one attached hydrogen (secondary N) is 1. The van der Waals surface area contributed by atoms with Gasteiger partial charge in [0.2, 0.25) is 0 Å². The van der Waals surface area contributed by atoms with Crippen LogP contribution in [0.15, 0.2) is 47.3 Å². The molecule has 0 aliphatic heterocycles. The number of anilines is 1. The van der Waals surface area contributed by atoms with E-state index in [1.165, 1.54) is 0 Å². The third-order valence-electron chi connectivity index (χ3n) is 2.31. The first-order chi connectivity index (χ1) is 7.88. The Morgan fingerprint density at radius 3 is 2.56 bits per heavy atom. The number of benzene rings is 1. The Kier molecular flexibility index (Phi) is 3.25. The second-order valence-corrected chi connectivity index (χ2v) is 3.52. The highest BCUT2D eigenvalue weighted by Gasteiger charge is 1.96. The van der Waals surface area contributed by atoms with Gasteiger partial charge in [0, 0.05) is 17.8 Å². The number of hydrogen-bond donors (Lipinski definition) is 1. The van der Waals surface area contributed by atoms with E-state index in [9.17, 15) is 0 Å². The highest BCUT2D eigenvalue weighted by atomic mass is 16.3. The van der Waals surface area contributed by atoms with Crippen LogP contribution in [-0.4, -0.2) is 0 Å². The third kappa shape index (κ3) is 2.64. The fourth-order valence-electron chi connectivity index (χ4n) is 1.43. The first-order valence-corrected chi connectivity index (χ1v) is 5.09. The van der Waals surface area contributed by atoms with Crippen molar-refractivity contribution < 1.29 is 4.42 Å². The predicted octanol–water partition coefficient (Wildman–Crippen LogP) is 2.96. The van der Waals surface area contributed by atoms with Gasteiger partial charge in [-0.3, -0.25) is 0 Å². The predicted molar refractivity (Wildman–Crippen MR) is 61.8 cm³/mol. The molecule has 1 heterocycles. The maximum absolute atomic E-state index is 8.54. The van der Waals surface area contributed by atoms with E-state index < -0.39 is 0 Å². The molecular weight excluding hydrogens is 200 g/mol. The van der Waals surface area contributed by atoms with E-state index in [4.69, 9.17) is 9.68 Å². The molecule has 0 spiro atoms. The van der Waals surface area contributed by atoms with Gasteiger partial charge < -0.3 is 9.73 Å². The molecule has 80 valence electrons. The summed E-state index contributed by atoms with van der Waals surface area (Å²) in [5.74, 6) is 0. The molecule has 0 saturated carbocycles. The average molecular weight is 212 g/mol. The number of rotatable bonds is 4. The Morgan fingerprint density at radius 1 is 1.12 bits per heavy atom. The van der Waals surface area contributed by atoms with Gasteiger partial charge in [0.05, 0.1) is 25.0 Å². The van der Waals surface area contributed by atoms with E-state index in [0.717, 1.165) is 23.4 Å². The topological polar surface area (TPSA) is 49.0 Å². The lowest BCUT2D eigenvalue weighted by atomic mass is 10.1. The molecule has 0 saturated heterocycles. The van der Waals surface area contributed by atoms with Crippen molar-refractivity contribution in [1.82, 2.24) is 0 Å². The Hall–Kier alpha value is -2.21. The van der Waals surface area contributed by atoms with Crippen LogP contribution in [-0.2, 0) is 13.0 Å². The fraction of sp³-hybridized carbons (Fsp3) is 0.154. The Labute approximate surface area is 94.3 Å². The molecule has 3 nitrogen and oxygen atoms in total. The molecule has 0 amide bonds. The molecule has 0 bridgehead atoms. The molecule has 1 aromatic carbocycles. The SMILES string of the molecule is N#CCc1ccc(NCc2ccoc2)cc1. The molecule has 0 aliphatic carbocycles. The smallest absolute Gasteiger partial charge is 0.0952 e. The molecule has 1 aromatic heterocycles. The van der Waals surface area contributed by atoms with Crippen molar-refractivity contribution in [1.29, 1.82) is 5.26 Å². The van der Waals surface area contributed by atoms with Crippen LogP contribution in [0.4, 0.5) is 5.69 Å². The van der Waals surface area contributed by atoms with Crippen LogP contribution in [0.5, 0.6) is 0 Å². The summed E-state index contributed by atoms with van der Waals surface area (Å²) in [5, 5.41) is 11.8. The van der Waals surface area contributed by atoms with Gasteiger partial charge in [0.15, 0.2) is 0 Å². The largest absolute Gasteiger partial charge is 0.472 e. The summed E-state index contributed by atoms with van der Waals surface area (Å²) in [6, 6.07) is 11.9. The highest BCUT2D eigenvalue weighted by Crippen LogP contribution is 2.11. The van der Waals surface area contributed by atoms with Gasteiger partial charge in [-0.2, -0.15) is 5.26 Å². The molecule has 2 aromatic rings. The van der Waals surface area contributed by atoms with Crippen LogP contribution < -0.4 is 5.32 Å². The minimum absolute atomic E-state index is 0.460. The molecule has 2 rings (SSSR count). The van der Waals surface area contributed by atoms with E-state index in [0.29, 0.717) is 6.42 Å². The van der Waals surface area contributed by atoms with Crippen molar-refractivity contribution in [2.24, 2.45) is 0 Å². The van der Waals surface area contributed by atoms with Gasteiger partial charge in [0.25, 0.3) is 0 Å². The van der Waals surface area contributed by atoms with Crippen LogP contribution in [0.2, 0.25) is 0 Å². The standard InChI is InChI=1S/C13H12N2O/c14-7-5-11-1-3-13(4-2-11)15-9-12-6-8-16-10-12/h1-4,6,8,10,15H,5,9H2. The van der Waals surface area contributed by atoms with Crippen LogP contribution >= 0.6 is 0 Å². The molecule has 1 N–H and O–H groups in total. The summed E-state index contributed by atoms with van der Waals surface area (Å²) in [7, 11) is 0. The van der Waals surface area contributed by atoms with E-state index in [-0.39, 0.29) is 0 Å². The maximum Gasteiger partial charge on any atom is 0.0952 e. The Bertz CT molecular complexity index is 466. The molecule has 3 heteroatoms. The zero-order valence-corrected chi connectivity index (χ0v) is 8.81. The van der Waals surface area contributed by atoms with Crippen molar-refractivity contribution in [3.05, 3.63) is 54.0 Å². The number of nitriles is 1. The summed E-state index contributed by atoms with van der Waals surface area (Å²) >= 11 is 0. The van der Waals surface area contributed by atoms with E-state index >= 15 is 0 Å². The summed E-state index contributed by atoms with van der Waals surface area (Å²) < 4.78 is 4.98. The van der Waals surface area contributed by atoms with Gasteiger partial charge >= 0.3 is 0 Å². The van der Waals surface area contributed by atoms with Crippen LogP contribution in [0.3, 0.4) is 0 Å². The molecule has 0 atom stereocenters. The number of nitrogens with zero attached hydrogens (tertiary/aromatic N) is 1. The lowest BCUT2D eigenvalue weighted by molar-refractivity contribution is 0.564. The normalized spacial score (nSPS) is 9.69. The first kappa shape index (κ1) is 10.3. The molecule has 0 radical (unpaired) electrons. The van der Waals surface area contributed by atoms with E-state index in [2.05, 4.69) is 11.4 Å². The Morgan fingerprint density at radius 2 is 1.94 bits per heavy atom. The van der Waals surface area contributed by atoms with Crippen molar-refractivity contribution in [2.75, 3.05) is 5.32 Å². The van der Waals surface area contributed by atoms with Crippen molar-refractivity contribution in [3.8, 4) is 6.07 Å². The molecule has 16 heavy (non-hydrogen) atoms. The molecule has 0 unspecified atom stereocenters. The van der Waals surface area contributed by atoms with E-state index in [1.807, 2.05) is 30.3 Å². The van der Waals surface area contributed by atoms with Crippen LogP contribution in [0, 0.1) is 11.3 Å². The second-order valence-electron chi connectivity index (χ2n) is 3.52.